The second kappa shape index (κ2) is 5.51. The van der Waals surface area contributed by atoms with Crippen LogP contribution in [0.15, 0.2) is 30.3 Å². The standard InChI is InChI=1S/C14H17N3S2/c1-19-12-8-7-11(9-12)17-13(15-16-14(17)18)10-5-3-2-4-6-10/h2-6,11-12H,7-9H2,1H3,(H,16,18). The molecule has 2 atom stereocenters. The second-order valence-electron chi connectivity index (χ2n) is 4.91. The van der Waals surface area contributed by atoms with Crippen molar-refractivity contribution in [2.75, 3.05) is 6.26 Å². The molecule has 1 aromatic heterocycles. The maximum absolute atomic E-state index is 5.42. The zero-order valence-corrected chi connectivity index (χ0v) is 12.5. The number of thioether (sulfide) groups is 1. The van der Waals surface area contributed by atoms with Crippen LogP contribution in [0.5, 0.6) is 0 Å². The quantitative estimate of drug-likeness (QED) is 0.866. The molecule has 1 fully saturated rings. The summed E-state index contributed by atoms with van der Waals surface area (Å²) in [4.78, 5) is 0. The molecule has 3 nitrogen and oxygen atoms in total. The van der Waals surface area contributed by atoms with Crippen molar-refractivity contribution in [1.29, 1.82) is 0 Å². The van der Waals surface area contributed by atoms with Crippen molar-refractivity contribution in [2.45, 2.75) is 30.6 Å². The van der Waals surface area contributed by atoms with Gasteiger partial charge in [0.2, 0.25) is 0 Å². The fourth-order valence-electron chi connectivity index (χ4n) is 2.80. The molecule has 0 spiro atoms. The van der Waals surface area contributed by atoms with E-state index in [2.05, 4.69) is 33.2 Å². The van der Waals surface area contributed by atoms with E-state index < -0.39 is 0 Å². The lowest BCUT2D eigenvalue weighted by molar-refractivity contribution is 0.517. The molecule has 1 aliphatic carbocycles. The summed E-state index contributed by atoms with van der Waals surface area (Å²) in [7, 11) is 0. The van der Waals surface area contributed by atoms with Crippen molar-refractivity contribution < 1.29 is 0 Å². The molecule has 0 radical (unpaired) electrons. The third-order valence-corrected chi connectivity index (χ3v) is 5.17. The predicted octanol–water partition coefficient (Wildman–Crippen LogP) is 4.06. The van der Waals surface area contributed by atoms with Crippen LogP contribution in [-0.2, 0) is 0 Å². The highest BCUT2D eigenvalue weighted by atomic mass is 32.2. The molecule has 19 heavy (non-hydrogen) atoms. The fourth-order valence-corrected chi connectivity index (χ4v) is 3.87. The molecule has 1 N–H and O–H groups in total. The van der Waals surface area contributed by atoms with E-state index in [1.54, 1.807) is 0 Å². The van der Waals surface area contributed by atoms with Crippen LogP contribution in [0, 0.1) is 4.77 Å². The summed E-state index contributed by atoms with van der Waals surface area (Å²) in [5.74, 6) is 0.970. The van der Waals surface area contributed by atoms with Gasteiger partial charge in [-0.25, -0.2) is 0 Å². The molecule has 2 aromatic rings. The van der Waals surface area contributed by atoms with Gasteiger partial charge >= 0.3 is 0 Å². The summed E-state index contributed by atoms with van der Waals surface area (Å²) in [6.45, 7) is 0. The zero-order valence-electron chi connectivity index (χ0n) is 10.9. The Morgan fingerprint density at radius 3 is 2.79 bits per heavy atom. The highest BCUT2D eigenvalue weighted by molar-refractivity contribution is 7.99. The number of nitrogens with one attached hydrogen (secondary N) is 1. The van der Waals surface area contributed by atoms with Gasteiger partial charge in [0.25, 0.3) is 0 Å². The van der Waals surface area contributed by atoms with Crippen LogP contribution in [0.4, 0.5) is 0 Å². The molecule has 2 unspecified atom stereocenters. The molecule has 0 bridgehead atoms. The summed E-state index contributed by atoms with van der Waals surface area (Å²) in [6.07, 6.45) is 5.85. The number of nitrogens with zero attached hydrogens (tertiary/aromatic N) is 2. The summed E-state index contributed by atoms with van der Waals surface area (Å²) < 4.78 is 2.95. The van der Waals surface area contributed by atoms with E-state index in [9.17, 15) is 0 Å². The smallest absolute Gasteiger partial charge is 0.195 e. The van der Waals surface area contributed by atoms with Gasteiger partial charge in [0, 0.05) is 16.9 Å². The normalized spacial score (nSPS) is 22.8. The Labute approximate surface area is 122 Å². The summed E-state index contributed by atoms with van der Waals surface area (Å²) in [5, 5.41) is 8.13. The van der Waals surface area contributed by atoms with Gasteiger partial charge in [0.05, 0.1) is 0 Å². The Kier molecular flexibility index (Phi) is 3.75. The zero-order chi connectivity index (χ0) is 13.2. The number of rotatable bonds is 3. The summed E-state index contributed by atoms with van der Waals surface area (Å²) in [5.41, 5.74) is 1.13. The predicted molar refractivity (Wildman–Crippen MR) is 83.0 cm³/mol. The SMILES string of the molecule is CSC1CCC(n2c(-c3ccccc3)n[nH]c2=S)C1. The molecule has 1 aromatic carbocycles. The van der Waals surface area contributed by atoms with Crippen LogP contribution in [0.3, 0.4) is 0 Å². The Bertz CT molecular complexity index is 603. The van der Waals surface area contributed by atoms with Crippen molar-refractivity contribution in [3.05, 3.63) is 35.1 Å². The largest absolute Gasteiger partial charge is 0.297 e. The minimum atomic E-state index is 0.485. The first kappa shape index (κ1) is 12.9. The molecule has 3 rings (SSSR count). The van der Waals surface area contributed by atoms with Gasteiger partial charge in [-0.3, -0.25) is 9.67 Å². The average molecular weight is 291 g/mol. The van der Waals surface area contributed by atoms with Gasteiger partial charge in [0.15, 0.2) is 10.6 Å². The van der Waals surface area contributed by atoms with E-state index in [4.69, 9.17) is 12.2 Å². The molecule has 1 heterocycles. The highest BCUT2D eigenvalue weighted by Crippen LogP contribution is 2.38. The Morgan fingerprint density at radius 2 is 2.11 bits per heavy atom. The van der Waals surface area contributed by atoms with Crippen molar-refractivity contribution in [3.63, 3.8) is 0 Å². The summed E-state index contributed by atoms with van der Waals surface area (Å²) >= 11 is 7.39. The number of aromatic nitrogens is 3. The number of benzene rings is 1. The molecule has 100 valence electrons. The first-order chi connectivity index (χ1) is 9.29. The van der Waals surface area contributed by atoms with E-state index in [1.165, 1.54) is 19.3 Å². The molecule has 1 aliphatic rings. The molecule has 0 amide bonds. The van der Waals surface area contributed by atoms with Crippen LogP contribution in [0.25, 0.3) is 11.4 Å². The van der Waals surface area contributed by atoms with Gasteiger partial charge in [0.1, 0.15) is 0 Å². The lowest BCUT2D eigenvalue weighted by Gasteiger charge is -2.14. The van der Waals surface area contributed by atoms with Gasteiger partial charge in [-0.1, -0.05) is 30.3 Å². The Morgan fingerprint density at radius 1 is 1.32 bits per heavy atom. The maximum Gasteiger partial charge on any atom is 0.195 e. The lowest BCUT2D eigenvalue weighted by Crippen LogP contribution is -2.08. The number of H-pyrrole nitrogens is 1. The second-order valence-corrected chi connectivity index (χ2v) is 6.44. The molecule has 0 aliphatic heterocycles. The first-order valence-electron chi connectivity index (χ1n) is 6.54. The van der Waals surface area contributed by atoms with Crippen molar-refractivity contribution in [3.8, 4) is 11.4 Å². The molecule has 1 saturated carbocycles. The van der Waals surface area contributed by atoms with E-state index in [1.807, 2.05) is 30.0 Å². The van der Waals surface area contributed by atoms with E-state index >= 15 is 0 Å². The Hall–Kier alpha value is -1.07. The van der Waals surface area contributed by atoms with Crippen LogP contribution in [0.2, 0.25) is 0 Å². The lowest BCUT2D eigenvalue weighted by atomic mass is 10.2. The van der Waals surface area contributed by atoms with Crippen molar-refractivity contribution in [2.24, 2.45) is 0 Å². The Balaban J connectivity index is 1.98. The third kappa shape index (κ3) is 2.49. The monoisotopic (exact) mass is 291 g/mol. The fraction of sp³-hybridized carbons (Fsp3) is 0.429. The number of aromatic amines is 1. The maximum atomic E-state index is 5.42. The van der Waals surface area contributed by atoms with Crippen molar-refractivity contribution in [1.82, 2.24) is 14.8 Å². The minimum Gasteiger partial charge on any atom is -0.297 e. The molecule has 0 saturated heterocycles. The summed E-state index contributed by atoms with van der Waals surface area (Å²) in [6, 6.07) is 10.8. The number of hydrogen-bond acceptors (Lipinski definition) is 3. The molecule has 5 heteroatoms. The topological polar surface area (TPSA) is 33.6 Å². The third-order valence-electron chi connectivity index (χ3n) is 3.79. The van der Waals surface area contributed by atoms with Crippen LogP contribution in [-0.4, -0.2) is 26.3 Å². The van der Waals surface area contributed by atoms with E-state index in [-0.39, 0.29) is 0 Å². The van der Waals surface area contributed by atoms with Crippen LogP contribution >= 0.6 is 24.0 Å². The van der Waals surface area contributed by atoms with Gasteiger partial charge in [-0.15, -0.1) is 0 Å². The van der Waals surface area contributed by atoms with Crippen molar-refractivity contribution >= 4 is 24.0 Å². The van der Waals surface area contributed by atoms with Gasteiger partial charge in [-0.05, 0) is 37.7 Å². The van der Waals surface area contributed by atoms with E-state index in [0.29, 0.717) is 6.04 Å². The molecular weight excluding hydrogens is 274 g/mol. The van der Waals surface area contributed by atoms with Crippen LogP contribution < -0.4 is 0 Å². The van der Waals surface area contributed by atoms with Gasteiger partial charge in [-0.2, -0.15) is 16.9 Å². The number of hydrogen-bond donors (Lipinski definition) is 1. The average Bonchev–Trinajstić information content (AvgIpc) is 3.05. The minimum absolute atomic E-state index is 0.485. The highest BCUT2D eigenvalue weighted by Gasteiger charge is 2.27. The molecular formula is C14H17N3S2. The van der Waals surface area contributed by atoms with Gasteiger partial charge < -0.3 is 0 Å². The van der Waals surface area contributed by atoms with E-state index in [0.717, 1.165) is 21.4 Å². The van der Waals surface area contributed by atoms with Crippen LogP contribution in [0.1, 0.15) is 25.3 Å². The first-order valence-corrected chi connectivity index (χ1v) is 8.24.